The SMILES string of the molecule is OCCCN1CCCCCC1=[18O]. The van der Waals surface area contributed by atoms with Crippen LogP contribution in [0.15, 0.2) is 0 Å². The third kappa shape index (κ3) is 2.81. The van der Waals surface area contributed by atoms with Gasteiger partial charge in [0.05, 0.1) is 0 Å². The molecule has 0 saturated carbocycles. The molecule has 3 heteroatoms. The number of nitrogens with zero attached hydrogens (tertiary/aromatic N) is 1. The van der Waals surface area contributed by atoms with Gasteiger partial charge in [0.2, 0.25) is 5.91 Å². The van der Waals surface area contributed by atoms with E-state index >= 15 is 0 Å². The van der Waals surface area contributed by atoms with Crippen molar-refractivity contribution in [2.24, 2.45) is 0 Å². The average Bonchev–Trinajstić information content (AvgIpc) is 2.27. The number of carbonyl (C=O) groups excluding carboxylic acids is 1. The number of hydrogen-bond acceptors (Lipinski definition) is 2. The predicted molar refractivity (Wildman–Crippen MR) is 46.8 cm³/mol. The van der Waals surface area contributed by atoms with Gasteiger partial charge in [0.1, 0.15) is 0 Å². The van der Waals surface area contributed by atoms with Gasteiger partial charge in [0.25, 0.3) is 0 Å². The highest BCUT2D eigenvalue weighted by molar-refractivity contribution is 5.76. The normalized spacial score (nSPS) is 19.4. The Labute approximate surface area is 73.4 Å². The van der Waals surface area contributed by atoms with Crippen molar-refractivity contribution in [3.63, 3.8) is 0 Å². The molecule has 0 aromatic carbocycles. The third-order valence-corrected chi connectivity index (χ3v) is 2.26. The molecule has 1 fully saturated rings. The maximum Gasteiger partial charge on any atom is 0.222 e. The van der Waals surface area contributed by atoms with Crippen molar-refractivity contribution >= 4 is 5.91 Å². The van der Waals surface area contributed by atoms with E-state index in [9.17, 15) is 4.79 Å². The number of rotatable bonds is 3. The highest BCUT2D eigenvalue weighted by Crippen LogP contribution is 2.10. The lowest BCUT2D eigenvalue weighted by atomic mass is 10.2. The van der Waals surface area contributed by atoms with Crippen molar-refractivity contribution < 1.29 is 9.90 Å². The topological polar surface area (TPSA) is 40.5 Å². The van der Waals surface area contributed by atoms with E-state index in [1.54, 1.807) is 0 Å². The highest BCUT2D eigenvalue weighted by atomic mass is 18.1. The first-order valence-corrected chi connectivity index (χ1v) is 4.73. The molecule has 0 unspecified atom stereocenters. The van der Waals surface area contributed by atoms with E-state index in [2.05, 4.69) is 0 Å². The summed E-state index contributed by atoms with van der Waals surface area (Å²) < 4.78 is 0. The van der Waals surface area contributed by atoms with Crippen LogP contribution in [-0.4, -0.2) is 35.6 Å². The third-order valence-electron chi connectivity index (χ3n) is 2.26. The monoisotopic (exact) mass is 173 g/mol. The minimum absolute atomic E-state index is 0.184. The van der Waals surface area contributed by atoms with Crippen molar-refractivity contribution in [1.82, 2.24) is 4.90 Å². The number of likely N-dealkylation sites (tertiary alicyclic amines) is 1. The summed E-state index contributed by atoms with van der Waals surface area (Å²) in [6, 6.07) is 0. The van der Waals surface area contributed by atoms with Crippen molar-refractivity contribution in [1.29, 1.82) is 0 Å². The van der Waals surface area contributed by atoms with E-state index in [0.29, 0.717) is 12.8 Å². The van der Waals surface area contributed by atoms with Gasteiger partial charge in [-0.25, -0.2) is 0 Å². The van der Waals surface area contributed by atoms with Gasteiger partial charge in [0, 0.05) is 26.1 Å². The van der Waals surface area contributed by atoms with Crippen LogP contribution in [0, 0.1) is 0 Å². The summed E-state index contributed by atoms with van der Waals surface area (Å²) in [7, 11) is 0. The molecule has 0 spiro atoms. The Morgan fingerprint density at radius 3 is 2.92 bits per heavy atom. The molecule has 0 atom stereocenters. The van der Waals surface area contributed by atoms with Crippen LogP contribution < -0.4 is 0 Å². The van der Waals surface area contributed by atoms with E-state index in [4.69, 9.17) is 5.11 Å². The number of carbonyl (C=O) groups is 1. The summed E-state index contributed by atoms with van der Waals surface area (Å²) in [5.74, 6) is 0.265. The van der Waals surface area contributed by atoms with Gasteiger partial charge >= 0.3 is 0 Å². The summed E-state index contributed by atoms with van der Waals surface area (Å²) in [4.78, 5) is 13.2. The van der Waals surface area contributed by atoms with Crippen LogP contribution in [0.25, 0.3) is 0 Å². The van der Waals surface area contributed by atoms with Gasteiger partial charge < -0.3 is 10.0 Å². The zero-order valence-corrected chi connectivity index (χ0v) is 7.46. The first kappa shape index (κ1) is 9.52. The number of amides is 1. The summed E-state index contributed by atoms with van der Waals surface area (Å²) in [6.45, 7) is 1.80. The van der Waals surface area contributed by atoms with Crippen molar-refractivity contribution in [3.8, 4) is 0 Å². The first-order valence-electron chi connectivity index (χ1n) is 4.73. The standard InChI is InChI=1S/C9H17NO2/c11-8-4-7-10-6-3-1-2-5-9(10)12/h11H,1-8H2/i12+2. The minimum Gasteiger partial charge on any atom is -0.396 e. The highest BCUT2D eigenvalue weighted by Gasteiger charge is 2.15. The van der Waals surface area contributed by atoms with Crippen LogP contribution in [0.3, 0.4) is 0 Å². The lowest BCUT2D eigenvalue weighted by Crippen LogP contribution is -2.31. The second-order valence-electron chi connectivity index (χ2n) is 3.27. The van der Waals surface area contributed by atoms with E-state index in [1.807, 2.05) is 4.90 Å². The molecular formula is C9H17NO2. The van der Waals surface area contributed by atoms with Gasteiger partial charge in [-0.1, -0.05) is 6.42 Å². The number of aliphatic hydroxyl groups excluding tert-OH is 1. The lowest BCUT2D eigenvalue weighted by molar-refractivity contribution is -0.130. The zero-order chi connectivity index (χ0) is 8.81. The largest absolute Gasteiger partial charge is 0.396 e. The predicted octanol–water partition coefficient (Wildman–Crippen LogP) is 0.771. The van der Waals surface area contributed by atoms with Crippen LogP contribution in [0.5, 0.6) is 0 Å². The van der Waals surface area contributed by atoms with E-state index in [1.165, 1.54) is 6.42 Å². The fraction of sp³-hybridized carbons (Fsp3) is 0.889. The molecule has 1 rings (SSSR count). The molecule has 0 bridgehead atoms. The maximum absolute atomic E-state index is 11.4. The fourth-order valence-electron chi connectivity index (χ4n) is 1.54. The van der Waals surface area contributed by atoms with Crippen LogP contribution >= 0.6 is 0 Å². The van der Waals surface area contributed by atoms with Gasteiger partial charge in [-0.05, 0) is 19.3 Å². The molecule has 1 aliphatic heterocycles. The molecule has 1 heterocycles. The molecule has 1 aliphatic rings. The Morgan fingerprint density at radius 1 is 1.33 bits per heavy atom. The van der Waals surface area contributed by atoms with Crippen LogP contribution in [-0.2, 0) is 4.79 Å². The molecule has 0 aromatic heterocycles. The Morgan fingerprint density at radius 2 is 2.17 bits per heavy atom. The molecular weight excluding hydrogens is 156 g/mol. The van der Waals surface area contributed by atoms with Crippen molar-refractivity contribution in [2.75, 3.05) is 19.7 Å². The molecule has 0 radical (unpaired) electrons. The smallest absolute Gasteiger partial charge is 0.222 e. The Hall–Kier alpha value is -0.570. The Bertz CT molecular complexity index is 147. The second kappa shape index (κ2) is 5.14. The lowest BCUT2D eigenvalue weighted by Gasteiger charge is -2.19. The van der Waals surface area contributed by atoms with Gasteiger partial charge in [-0.3, -0.25) is 4.79 Å². The average molecular weight is 173 g/mol. The minimum atomic E-state index is 0.184. The van der Waals surface area contributed by atoms with Crippen molar-refractivity contribution in [3.05, 3.63) is 0 Å². The maximum atomic E-state index is 11.4. The number of hydrogen-bond donors (Lipinski definition) is 1. The van der Waals surface area contributed by atoms with E-state index in [-0.39, 0.29) is 12.5 Å². The van der Waals surface area contributed by atoms with E-state index < -0.39 is 0 Å². The second-order valence-corrected chi connectivity index (χ2v) is 3.27. The van der Waals surface area contributed by atoms with Crippen LogP contribution in [0.1, 0.15) is 32.1 Å². The van der Waals surface area contributed by atoms with Gasteiger partial charge in [-0.15, -0.1) is 0 Å². The van der Waals surface area contributed by atoms with E-state index in [0.717, 1.165) is 25.9 Å². The first-order chi connectivity index (χ1) is 5.84. The van der Waals surface area contributed by atoms with Gasteiger partial charge in [0.15, 0.2) is 0 Å². The number of aliphatic hydroxyl groups is 1. The summed E-state index contributed by atoms with van der Waals surface area (Å²) in [5, 5.41) is 8.62. The van der Waals surface area contributed by atoms with Crippen LogP contribution in [0.2, 0.25) is 0 Å². The molecule has 1 saturated heterocycles. The Balaban J connectivity index is 2.31. The fourth-order valence-corrected chi connectivity index (χ4v) is 1.54. The molecule has 12 heavy (non-hydrogen) atoms. The quantitative estimate of drug-likeness (QED) is 0.640. The molecule has 70 valence electrons. The molecule has 3 nitrogen and oxygen atoms in total. The van der Waals surface area contributed by atoms with Gasteiger partial charge in [-0.2, -0.15) is 0 Å². The summed E-state index contributed by atoms with van der Waals surface area (Å²) >= 11 is 0. The molecule has 0 aromatic rings. The summed E-state index contributed by atoms with van der Waals surface area (Å²) in [6.07, 6.45) is 4.74. The zero-order valence-electron chi connectivity index (χ0n) is 7.46. The molecule has 0 aliphatic carbocycles. The van der Waals surface area contributed by atoms with Crippen molar-refractivity contribution in [2.45, 2.75) is 32.1 Å². The molecule has 1 N–H and O–H groups in total. The Kier molecular flexibility index (Phi) is 4.08. The van der Waals surface area contributed by atoms with Crippen LogP contribution in [0.4, 0.5) is 0 Å². The molecule has 1 amide bonds. The summed E-state index contributed by atoms with van der Waals surface area (Å²) in [5.41, 5.74) is 0.